The zero-order chi connectivity index (χ0) is 27.2. The van der Waals surface area contributed by atoms with Gasteiger partial charge in [0.05, 0.1) is 35.2 Å². The number of nitrogens with one attached hydrogen (secondary N) is 2. The maximum Gasteiger partial charge on any atom is 0.271 e. The van der Waals surface area contributed by atoms with Crippen LogP contribution in [0.4, 0.5) is 10.2 Å². The topological polar surface area (TPSA) is 101 Å². The minimum absolute atomic E-state index is 0.0519. The van der Waals surface area contributed by atoms with Crippen LogP contribution in [0.15, 0.2) is 72.9 Å². The first-order valence-corrected chi connectivity index (χ1v) is 12.8. The number of ether oxygens (including phenoxy) is 1. The van der Waals surface area contributed by atoms with Gasteiger partial charge in [-0.25, -0.2) is 9.07 Å². The number of pyridine rings is 1. The Bertz CT molecular complexity index is 1460. The normalized spacial score (nSPS) is 13.7. The van der Waals surface area contributed by atoms with Gasteiger partial charge in [0.2, 0.25) is 0 Å². The van der Waals surface area contributed by atoms with E-state index in [9.17, 15) is 14.0 Å². The van der Waals surface area contributed by atoms with Crippen molar-refractivity contribution in [2.75, 3.05) is 44.7 Å². The number of benzene rings is 2. The Morgan fingerprint density at radius 3 is 2.51 bits per heavy atom. The number of carbonyl (C=O) groups excluding carboxylic acids is 2. The summed E-state index contributed by atoms with van der Waals surface area (Å²) in [5.74, 6) is -1.30. The summed E-state index contributed by atoms with van der Waals surface area (Å²) in [5.41, 5.74) is 1.33. The van der Waals surface area contributed by atoms with Crippen molar-refractivity contribution in [3.63, 3.8) is 0 Å². The predicted octanol–water partition coefficient (Wildman–Crippen LogP) is 4.04. The van der Waals surface area contributed by atoms with E-state index in [-0.39, 0.29) is 33.6 Å². The van der Waals surface area contributed by atoms with E-state index >= 15 is 0 Å². The first-order valence-electron chi connectivity index (χ1n) is 12.4. The molecule has 1 saturated heterocycles. The van der Waals surface area contributed by atoms with Gasteiger partial charge in [0.25, 0.3) is 11.8 Å². The van der Waals surface area contributed by atoms with Crippen molar-refractivity contribution < 1.29 is 18.7 Å². The van der Waals surface area contributed by atoms with Crippen molar-refractivity contribution in [2.24, 2.45) is 0 Å². The summed E-state index contributed by atoms with van der Waals surface area (Å²) < 4.78 is 21.5. The third-order valence-corrected chi connectivity index (χ3v) is 6.56. The lowest BCUT2D eigenvalue weighted by Crippen LogP contribution is -2.41. The van der Waals surface area contributed by atoms with Crippen LogP contribution in [0, 0.1) is 5.82 Å². The molecule has 0 aliphatic carbocycles. The fourth-order valence-electron chi connectivity index (χ4n) is 4.22. The standard InChI is InChI=1S/C28H26ClFN6O3/c29-22-17-23(30)21(24-8-4-5-9-31-24)16-20(22)27(37)33-26-18-25(34-36(26)19-6-2-1-3-7-19)28(38)32-10-11-35-12-14-39-15-13-35/h1-9,16-18H,10-15H2,(H,32,38)(H,33,37). The van der Waals surface area contributed by atoms with Crippen LogP contribution in [0.3, 0.4) is 0 Å². The summed E-state index contributed by atoms with van der Waals surface area (Å²) in [6, 6.07) is 18.1. The molecule has 9 nitrogen and oxygen atoms in total. The number of anilines is 1. The molecule has 5 rings (SSSR count). The van der Waals surface area contributed by atoms with Gasteiger partial charge in [-0.1, -0.05) is 35.9 Å². The van der Waals surface area contributed by atoms with Crippen LogP contribution < -0.4 is 10.6 Å². The molecule has 200 valence electrons. The summed E-state index contributed by atoms with van der Waals surface area (Å²) >= 11 is 6.26. The van der Waals surface area contributed by atoms with Crippen LogP contribution in [0.1, 0.15) is 20.8 Å². The van der Waals surface area contributed by atoms with Gasteiger partial charge in [0.15, 0.2) is 5.69 Å². The zero-order valence-electron chi connectivity index (χ0n) is 20.9. The van der Waals surface area contributed by atoms with Crippen molar-refractivity contribution >= 4 is 29.2 Å². The van der Waals surface area contributed by atoms with Crippen LogP contribution in [-0.2, 0) is 4.74 Å². The SMILES string of the molecule is O=C(NCCN1CCOCC1)c1cc(NC(=O)c2cc(-c3ccccn3)c(F)cc2Cl)n(-c2ccccc2)n1. The molecule has 0 atom stereocenters. The molecule has 39 heavy (non-hydrogen) atoms. The zero-order valence-corrected chi connectivity index (χ0v) is 21.7. The lowest BCUT2D eigenvalue weighted by Gasteiger charge is -2.26. The van der Waals surface area contributed by atoms with E-state index in [2.05, 4.69) is 25.6 Å². The largest absolute Gasteiger partial charge is 0.379 e. The highest BCUT2D eigenvalue weighted by atomic mass is 35.5. The van der Waals surface area contributed by atoms with Crippen LogP contribution in [0.2, 0.25) is 5.02 Å². The molecule has 11 heteroatoms. The number of amides is 2. The summed E-state index contributed by atoms with van der Waals surface area (Å²) in [5, 5.41) is 10.1. The third-order valence-electron chi connectivity index (χ3n) is 6.24. The lowest BCUT2D eigenvalue weighted by molar-refractivity contribution is 0.0383. The molecule has 4 aromatic rings. The molecule has 0 unspecified atom stereocenters. The highest BCUT2D eigenvalue weighted by Gasteiger charge is 2.21. The summed E-state index contributed by atoms with van der Waals surface area (Å²) in [7, 11) is 0. The number of rotatable bonds is 8. The van der Waals surface area contributed by atoms with Crippen molar-refractivity contribution in [1.29, 1.82) is 0 Å². The van der Waals surface area contributed by atoms with Crippen LogP contribution >= 0.6 is 11.6 Å². The Morgan fingerprint density at radius 2 is 1.77 bits per heavy atom. The summed E-state index contributed by atoms with van der Waals surface area (Å²) in [6.45, 7) is 4.14. The predicted molar refractivity (Wildman–Crippen MR) is 146 cm³/mol. The highest BCUT2D eigenvalue weighted by Crippen LogP contribution is 2.28. The maximum absolute atomic E-state index is 14.7. The average Bonchev–Trinajstić information content (AvgIpc) is 3.38. The van der Waals surface area contributed by atoms with Gasteiger partial charge in [0, 0.05) is 44.0 Å². The molecule has 1 aliphatic heterocycles. The third kappa shape index (κ3) is 6.31. The van der Waals surface area contributed by atoms with E-state index < -0.39 is 11.7 Å². The van der Waals surface area contributed by atoms with Gasteiger partial charge in [-0.3, -0.25) is 19.5 Å². The van der Waals surface area contributed by atoms with E-state index in [1.54, 1.807) is 30.3 Å². The second-order valence-corrected chi connectivity index (χ2v) is 9.26. The number of morpholine rings is 1. The second-order valence-electron chi connectivity index (χ2n) is 8.85. The molecule has 3 heterocycles. The monoisotopic (exact) mass is 548 g/mol. The number of aromatic nitrogens is 3. The Kier molecular flexibility index (Phi) is 8.26. The van der Waals surface area contributed by atoms with Gasteiger partial charge in [0.1, 0.15) is 11.6 Å². The average molecular weight is 549 g/mol. The quantitative estimate of drug-likeness (QED) is 0.345. The van der Waals surface area contributed by atoms with Crippen molar-refractivity contribution in [3.05, 3.63) is 95.0 Å². The molecule has 2 aromatic heterocycles. The summed E-state index contributed by atoms with van der Waals surface area (Å²) in [6.07, 6.45) is 1.54. The molecule has 2 amide bonds. The molecule has 2 N–H and O–H groups in total. The van der Waals surface area contributed by atoms with Gasteiger partial charge < -0.3 is 15.4 Å². The Balaban J connectivity index is 1.38. The molecule has 0 spiro atoms. The molecule has 0 radical (unpaired) electrons. The van der Waals surface area contributed by atoms with E-state index in [0.29, 0.717) is 37.7 Å². The smallest absolute Gasteiger partial charge is 0.271 e. The lowest BCUT2D eigenvalue weighted by atomic mass is 10.1. The van der Waals surface area contributed by atoms with Crippen LogP contribution in [0.5, 0.6) is 0 Å². The van der Waals surface area contributed by atoms with Gasteiger partial charge in [-0.2, -0.15) is 5.10 Å². The van der Waals surface area contributed by atoms with Gasteiger partial charge >= 0.3 is 0 Å². The van der Waals surface area contributed by atoms with Crippen molar-refractivity contribution in [3.8, 4) is 16.9 Å². The number of para-hydroxylation sites is 1. The Labute approximate surface area is 229 Å². The molecule has 2 aromatic carbocycles. The minimum atomic E-state index is -0.597. The van der Waals surface area contributed by atoms with Gasteiger partial charge in [-0.15, -0.1) is 0 Å². The molecule has 0 bridgehead atoms. The minimum Gasteiger partial charge on any atom is -0.379 e. The number of carbonyl (C=O) groups is 2. The first-order chi connectivity index (χ1) is 19.0. The Morgan fingerprint density at radius 1 is 1.00 bits per heavy atom. The highest BCUT2D eigenvalue weighted by molar-refractivity contribution is 6.34. The number of nitrogens with zero attached hydrogens (tertiary/aromatic N) is 4. The maximum atomic E-state index is 14.7. The molecule has 0 saturated carbocycles. The van der Waals surface area contributed by atoms with Gasteiger partial charge in [-0.05, 0) is 36.4 Å². The number of hydrogen-bond donors (Lipinski definition) is 2. The van der Waals surface area contributed by atoms with Crippen LogP contribution in [0.25, 0.3) is 16.9 Å². The van der Waals surface area contributed by atoms with Crippen LogP contribution in [-0.4, -0.2) is 70.9 Å². The molecule has 1 aliphatic rings. The number of halogens is 2. The first kappa shape index (κ1) is 26.5. The fraction of sp³-hybridized carbons (Fsp3) is 0.214. The summed E-state index contributed by atoms with van der Waals surface area (Å²) in [4.78, 5) is 32.6. The van der Waals surface area contributed by atoms with Crippen molar-refractivity contribution in [1.82, 2.24) is 25.0 Å². The number of hydrogen-bond acceptors (Lipinski definition) is 6. The second kappa shape index (κ2) is 12.2. The molecular weight excluding hydrogens is 523 g/mol. The molecule has 1 fully saturated rings. The van der Waals surface area contributed by atoms with E-state index in [0.717, 1.165) is 19.2 Å². The van der Waals surface area contributed by atoms with E-state index in [1.165, 1.54) is 23.0 Å². The van der Waals surface area contributed by atoms with E-state index in [1.807, 2.05) is 18.2 Å². The Hall–Kier alpha value is -4.12. The fourth-order valence-corrected chi connectivity index (χ4v) is 4.45. The molecular formula is C28H26ClFN6O3. The van der Waals surface area contributed by atoms with Crippen molar-refractivity contribution in [2.45, 2.75) is 0 Å². The van der Waals surface area contributed by atoms with E-state index in [4.69, 9.17) is 16.3 Å².